The molecule has 0 saturated carbocycles. The Morgan fingerprint density at radius 1 is 1.25 bits per heavy atom. The van der Waals surface area contributed by atoms with Crippen LogP contribution in [0.15, 0.2) is 24.5 Å². The number of hydrogen-bond acceptors (Lipinski definition) is 4. The molecule has 0 aliphatic carbocycles. The van der Waals surface area contributed by atoms with E-state index in [-0.39, 0.29) is 22.3 Å². The number of anilines is 3. The average Bonchev–Trinajstić information content (AvgIpc) is 2.36. The highest BCUT2D eigenvalue weighted by Gasteiger charge is 2.34. The minimum absolute atomic E-state index is 0.00167. The molecular formula is C12H10ClF3N4. The molecule has 0 aliphatic heterocycles. The van der Waals surface area contributed by atoms with E-state index in [1.165, 1.54) is 18.5 Å². The molecule has 8 heteroatoms. The second-order valence-corrected chi connectivity index (χ2v) is 4.48. The molecule has 1 aromatic carbocycles. The highest BCUT2D eigenvalue weighted by Crippen LogP contribution is 2.37. The monoisotopic (exact) mass is 302 g/mol. The van der Waals surface area contributed by atoms with Crippen LogP contribution in [-0.2, 0) is 6.18 Å². The summed E-state index contributed by atoms with van der Waals surface area (Å²) in [6.07, 6.45) is -3.35. The molecule has 0 aliphatic rings. The van der Waals surface area contributed by atoms with Crippen LogP contribution in [0.4, 0.5) is 30.5 Å². The van der Waals surface area contributed by atoms with Crippen LogP contribution in [0.3, 0.4) is 0 Å². The van der Waals surface area contributed by atoms with E-state index in [2.05, 4.69) is 15.3 Å². The molecule has 2 rings (SSSR count). The molecule has 106 valence electrons. The number of nitrogens with zero attached hydrogens (tertiary/aromatic N) is 2. The Kier molecular flexibility index (Phi) is 3.71. The Balaban J connectivity index is 2.46. The predicted molar refractivity (Wildman–Crippen MR) is 70.9 cm³/mol. The van der Waals surface area contributed by atoms with Gasteiger partial charge in [0.2, 0.25) is 0 Å². The first-order chi connectivity index (χ1) is 9.29. The van der Waals surface area contributed by atoms with Gasteiger partial charge in [-0.15, -0.1) is 0 Å². The third-order valence-corrected chi connectivity index (χ3v) is 2.90. The quantitative estimate of drug-likeness (QED) is 0.886. The Bertz CT molecular complexity index is 643. The largest absolute Gasteiger partial charge is 0.418 e. The van der Waals surface area contributed by atoms with E-state index in [9.17, 15) is 13.2 Å². The normalized spacial score (nSPS) is 11.4. The fourth-order valence-corrected chi connectivity index (χ4v) is 1.75. The summed E-state index contributed by atoms with van der Waals surface area (Å²) in [4.78, 5) is 7.63. The second-order valence-electron chi connectivity index (χ2n) is 4.05. The first-order valence-corrected chi connectivity index (χ1v) is 5.87. The lowest BCUT2D eigenvalue weighted by Gasteiger charge is -2.15. The van der Waals surface area contributed by atoms with E-state index in [1.54, 1.807) is 6.92 Å². The Morgan fingerprint density at radius 2 is 1.95 bits per heavy atom. The Labute approximate surface area is 117 Å². The molecule has 3 N–H and O–H groups in total. The number of nitrogens with two attached hydrogens (primary N) is 1. The van der Waals surface area contributed by atoms with E-state index >= 15 is 0 Å². The number of hydrogen-bond donors (Lipinski definition) is 2. The fourth-order valence-electron chi connectivity index (χ4n) is 1.58. The molecule has 0 saturated heterocycles. The maximum atomic E-state index is 13.0. The predicted octanol–water partition coefficient (Wildman–Crippen LogP) is 3.78. The van der Waals surface area contributed by atoms with Crippen molar-refractivity contribution in [3.05, 3.63) is 40.7 Å². The molecule has 0 amide bonds. The zero-order chi connectivity index (χ0) is 14.9. The SMILES string of the molecule is Cc1c(N)ncnc1Nc1ccc(Cl)cc1C(F)(F)F. The summed E-state index contributed by atoms with van der Waals surface area (Å²) in [6, 6.07) is 3.45. The lowest BCUT2D eigenvalue weighted by Crippen LogP contribution is -2.10. The third kappa shape index (κ3) is 2.93. The standard InChI is InChI=1S/C12H10ClF3N4/c1-6-10(17)18-5-19-11(6)20-9-3-2-7(13)4-8(9)12(14,15)16/h2-5H,1H3,(H3,17,18,19,20). The molecule has 0 bridgehead atoms. The Hall–Kier alpha value is -2.02. The minimum atomic E-state index is -4.53. The van der Waals surface area contributed by atoms with Crippen LogP contribution >= 0.6 is 11.6 Å². The van der Waals surface area contributed by atoms with Gasteiger partial charge in [0.15, 0.2) is 0 Å². The molecule has 4 nitrogen and oxygen atoms in total. The van der Waals surface area contributed by atoms with Crippen LogP contribution in [0, 0.1) is 6.92 Å². The van der Waals surface area contributed by atoms with Crippen molar-refractivity contribution in [2.24, 2.45) is 0 Å². The van der Waals surface area contributed by atoms with E-state index in [4.69, 9.17) is 17.3 Å². The van der Waals surface area contributed by atoms with Crippen LogP contribution < -0.4 is 11.1 Å². The summed E-state index contributed by atoms with van der Waals surface area (Å²) < 4.78 is 38.9. The van der Waals surface area contributed by atoms with Gasteiger partial charge in [-0.1, -0.05) is 11.6 Å². The molecule has 20 heavy (non-hydrogen) atoms. The van der Waals surface area contributed by atoms with Crippen molar-refractivity contribution >= 4 is 28.9 Å². The van der Waals surface area contributed by atoms with Crippen LogP contribution in [0.5, 0.6) is 0 Å². The van der Waals surface area contributed by atoms with E-state index < -0.39 is 11.7 Å². The van der Waals surface area contributed by atoms with Crippen molar-refractivity contribution in [1.82, 2.24) is 9.97 Å². The molecule has 0 radical (unpaired) electrons. The minimum Gasteiger partial charge on any atom is -0.383 e. The third-order valence-electron chi connectivity index (χ3n) is 2.66. The molecular weight excluding hydrogens is 293 g/mol. The van der Waals surface area contributed by atoms with Gasteiger partial charge in [-0.3, -0.25) is 0 Å². The molecule has 2 aromatic rings. The highest BCUT2D eigenvalue weighted by molar-refractivity contribution is 6.30. The molecule has 0 unspecified atom stereocenters. The lowest BCUT2D eigenvalue weighted by atomic mass is 10.1. The van der Waals surface area contributed by atoms with Crippen LogP contribution in [0.25, 0.3) is 0 Å². The number of nitrogen functional groups attached to an aromatic ring is 1. The summed E-state index contributed by atoms with van der Waals surface area (Å²) in [6.45, 7) is 1.61. The summed E-state index contributed by atoms with van der Waals surface area (Å²) in [5.41, 5.74) is 5.03. The van der Waals surface area contributed by atoms with Crippen molar-refractivity contribution in [1.29, 1.82) is 0 Å². The molecule has 1 aromatic heterocycles. The van der Waals surface area contributed by atoms with Gasteiger partial charge in [-0.05, 0) is 25.1 Å². The number of aromatic nitrogens is 2. The van der Waals surface area contributed by atoms with Gasteiger partial charge in [-0.2, -0.15) is 13.2 Å². The van der Waals surface area contributed by atoms with Crippen molar-refractivity contribution in [3.63, 3.8) is 0 Å². The number of rotatable bonds is 2. The van der Waals surface area contributed by atoms with Crippen molar-refractivity contribution in [2.45, 2.75) is 13.1 Å². The fraction of sp³-hybridized carbons (Fsp3) is 0.167. The van der Waals surface area contributed by atoms with Crippen molar-refractivity contribution in [3.8, 4) is 0 Å². The van der Waals surface area contributed by atoms with Crippen LogP contribution in [-0.4, -0.2) is 9.97 Å². The maximum absolute atomic E-state index is 13.0. The van der Waals surface area contributed by atoms with Gasteiger partial charge < -0.3 is 11.1 Å². The summed E-state index contributed by atoms with van der Waals surface area (Å²) in [7, 11) is 0. The van der Waals surface area contributed by atoms with Gasteiger partial charge in [0, 0.05) is 10.6 Å². The van der Waals surface area contributed by atoms with Gasteiger partial charge in [0.05, 0.1) is 11.3 Å². The van der Waals surface area contributed by atoms with E-state index in [1.807, 2.05) is 0 Å². The zero-order valence-electron chi connectivity index (χ0n) is 10.3. The topological polar surface area (TPSA) is 63.8 Å². The summed E-state index contributed by atoms with van der Waals surface area (Å²) in [5.74, 6) is 0.412. The summed E-state index contributed by atoms with van der Waals surface area (Å²) >= 11 is 5.61. The highest BCUT2D eigenvalue weighted by atomic mass is 35.5. The number of alkyl halides is 3. The van der Waals surface area contributed by atoms with Crippen LogP contribution in [0.2, 0.25) is 5.02 Å². The number of nitrogens with one attached hydrogen (secondary N) is 1. The number of halogens is 4. The Morgan fingerprint density at radius 3 is 2.60 bits per heavy atom. The van der Waals surface area contributed by atoms with Gasteiger partial charge in [0.25, 0.3) is 0 Å². The summed E-state index contributed by atoms with van der Waals surface area (Å²) in [5, 5.41) is 2.61. The van der Waals surface area contributed by atoms with Crippen LogP contribution in [0.1, 0.15) is 11.1 Å². The van der Waals surface area contributed by atoms with Gasteiger partial charge in [0.1, 0.15) is 18.0 Å². The number of benzene rings is 1. The lowest BCUT2D eigenvalue weighted by molar-refractivity contribution is -0.136. The second kappa shape index (κ2) is 5.16. The zero-order valence-corrected chi connectivity index (χ0v) is 11.0. The van der Waals surface area contributed by atoms with Crippen molar-refractivity contribution in [2.75, 3.05) is 11.1 Å². The smallest absolute Gasteiger partial charge is 0.383 e. The first-order valence-electron chi connectivity index (χ1n) is 5.50. The molecule has 0 fully saturated rings. The average molecular weight is 303 g/mol. The van der Waals surface area contributed by atoms with Crippen molar-refractivity contribution < 1.29 is 13.2 Å². The van der Waals surface area contributed by atoms with Gasteiger partial charge >= 0.3 is 6.18 Å². The molecule has 0 spiro atoms. The van der Waals surface area contributed by atoms with E-state index in [0.717, 1.165) is 6.07 Å². The molecule has 1 heterocycles. The molecule has 0 atom stereocenters. The maximum Gasteiger partial charge on any atom is 0.418 e. The first kappa shape index (κ1) is 14.4. The van der Waals surface area contributed by atoms with E-state index in [0.29, 0.717) is 5.56 Å². The van der Waals surface area contributed by atoms with Gasteiger partial charge in [-0.25, -0.2) is 9.97 Å².